The summed E-state index contributed by atoms with van der Waals surface area (Å²) in [5.74, 6) is 0.711. The van der Waals surface area contributed by atoms with E-state index in [1.54, 1.807) is 4.68 Å². The fourth-order valence-electron chi connectivity index (χ4n) is 4.37. The lowest BCUT2D eigenvalue weighted by Crippen LogP contribution is -2.23. The first-order valence-electron chi connectivity index (χ1n) is 10.9. The van der Waals surface area contributed by atoms with Gasteiger partial charge in [-0.05, 0) is 37.1 Å². The molecule has 0 saturated carbocycles. The SMILES string of the molecule is CCOc1ccc(C2=C(C)Cc3c(-c4ccccc4)c(-c4ccccc4)nn3C2=O)cc1. The molecule has 0 atom stereocenters. The van der Waals surface area contributed by atoms with E-state index in [4.69, 9.17) is 9.84 Å². The van der Waals surface area contributed by atoms with Crippen molar-refractivity contribution in [1.29, 1.82) is 0 Å². The lowest BCUT2D eigenvalue weighted by Gasteiger charge is -2.20. The van der Waals surface area contributed by atoms with Crippen LogP contribution in [0.3, 0.4) is 0 Å². The first-order valence-corrected chi connectivity index (χ1v) is 10.9. The third-order valence-corrected chi connectivity index (χ3v) is 5.81. The van der Waals surface area contributed by atoms with Crippen LogP contribution in [0.1, 0.15) is 29.9 Å². The standard InChI is InChI=1S/C28H24N2O2/c1-3-32-23-16-14-21(15-17-23)25-19(2)18-24-26(20-10-6-4-7-11-20)27(29-30(24)28(25)31)22-12-8-5-9-13-22/h4-17H,3,18H2,1-2H3. The summed E-state index contributed by atoms with van der Waals surface area (Å²) in [5.41, 5.74) is 7.51. The van der Waals surface area contributed by atoms with Gasteiger partial charge in [0.05, 0.1) is 12.3 Å². The zero-order chi connectivity index (χ0) is 22.1. The average molecular weight is 421 g/mol. The number of hydrogen-bond acceptors (Lipinski definition) is 3. The van der Waals surface area contributed by atoms with E-state index in [9.17, 15) is 4.79 Å². The second kappa shape index (κ2) is 8.31. The monoisotopic (exact) mass is 420 g/mol. The highest BCUT2D eigenvalue weighted by atomic mass is 16.5. The number of allylic oxidation sites excluding steroid dienone is 2. The molecule has 1 aliphatic heterocycles. The Morgan fingerprint density at radius 1 is 0.844 bits per heavy atom. The van der Waals surface area contributed by atoms with Crippen LogP contribution in [-0.4, -0.2) is 22.3 Å². The summed E-state index contributed by atoms with van der Waals surface area (Å²) in [7, 11) is 0. The van der Waals surface area contributed by atoms with Crippen molar-refractivity contribution in [3.05, 3.63) is 102 Å². The quantitative estimate of drug-likeness (QED) is 0.381. The minimum Gasteiger partial charge on any atom is -0.494 e. The molecular formula is C28H24N2O2. The molecule has 0 N–H and O–H groups in total. The molecule has 0 amide bonds. The van der Waals surface area contributed by atoms with E-state index in [-0.39, 0.29) is 5.91 Å². The predicted molar refractivity (Wildman–Crippen MR) is 128 cm³/mol. The van der Waals surface area contributed by atoms with Gasteiger partial charge in [0.1, 0.15) is 11.4 Å². The number of fused-ring (bicyclic) bond motifs is 1. The number of rotatable bonds is 5. The summed E-state index contributed by atoms with van der Waals surface area (Å²) in [6, 6.07) is 28.0. The average Bonchev–Trinajstić information content (AvgIpc) is 3.21. The van der Waals surface area contributed by atoms with Crippen molar-refractivity contribution in [1.82, 2.24) is 9.78 Å². The number of hydrogen-bond donors (Lipinski definition) is 0. The van der Waals surface area contributed by atoms with Gasteiger partial charge in [0.15, 0.2) is 0 Å². The molecule has 1 aromatic heterocycles. The van der Waals surface area contributed by atoms with Gasteiger partial charge >= 0.3 is 0 Å². The van der Waals surface area contributed by atoms with Gasteiger partial charge in [-0.25, -0.2) is 0 Å². The fourth-order valence-corrected chi connectivity index (χ4v) is 4.37. The normalized spacial score (nSPS) is 13.2. The molecule has 3 aromatic carbocycles. The van der Waals surface area contributed by atoms with Crippen LogP contribution in [0.25, 0.3) is 28.0 Å². The molecule has 4 nitrogen and oxygen atoms in total. The minimum atomic E-state index is -0.0905. The van der Waals surface area contributed by atoms with E-state index in [1.165, 1.54) is 0 Å². The lowest BCUT2D eigenvalue weighted by molar-refractivity contribution is 0.0958. The number of nitrogens with zero attached hydrogens (tertiary/aromatic N) is 2. The van der Waals surface area contributed by atoms with Gasteiger partial charge in [0, 0.05) is 23.1 Å². The van der Waals surface area contributed by atoms with E-state index in [0.29, 0.717) is 18.6 Å². The van der Waals surface area contributed by atoms with Crippen LogP contribution in [0.5, 0.6) is 5.75 Å². The molecule has 0 radical (unpaired) electrons. The van der Waals surface area contributed by atoms with Gasteiger partial charge in [0.2, 0.25) is 0 Å². The van der Waals surface area contributed by atoms with Gasteiger partial charge in [-0.2, -0.15) is 9.78 Å². The van der Waals surface area contributed by atoms with E-state index in [2.05, 4.69) is 12.1 Å². The molecule has 158 valence electrons. The van der Waals surface area contributed by atoms with Crippen molar-refractivity contribution in [3.8, 4) is 28.1 Å². The zero-order valence-electron chi connectivity index (χ0n) is 18.2. The molecule has 0 bridgehead atoms. The molecule has 0 fully saturated rings. The summed E-state index contributed by atoms with van der Waals surface area (Å²) in [5, 5.41) is 4.84. The number of ether oxygens (including phenoxy) is 1. The van der Waals surface area contributed by atoms with Crippen LogP contribution in [-0.2, 0) is 6.42 Å². The highest BCUT2D eigenvalue weighted by molar-refractivity contribution is 6.22. The molecule has 0 saturated heterocycles. The Bertz CT molecular complexity index is 1300. The molecule has 5 rings (SSSR count). The highest BCUT2D eigenvalue weighted by Gasteiger charge is 2.31. The van der Waals surface area contributed by atoms with Crippen molar-refractivity contribution in [2.45, 2.75) is 20.3 Å². The molecule has 4 aromatic rings. The number of aromatic nitrogens is 2. The number of carbonyl (C=O) groups excluding carboxylic acids is 1. The Labute approximate surface area is 187 Å². The van der Waals surface area contributed by atoms with Crippen LogP contribution < -0.4 is 4.74 Å². The Hall–Kier alpha value is -3.92. The van der Waals surface area contributed by atoms with E-state index >= 15 is 0 Å². The van der Waals surface area contributed by atoms with Gasteiger partial charge < -0.3 is 4.74 Å². The number of carbonyl (C=O) groups is 1. The number of benzene rings is 3. The van der Waals surface area contributed by atoms with Crippen LogP contribution in [0.15, 0.2) is 90.5 Å². The lowest BCUT2D eigenvalue weighted by atomic mass is 9.90. The van der Waals surface area contributed by atoms with Crippen LogP contribution in [0.2, 0.25) is 0 Å². The molecular weight excluding hydrogens is 396 g/mol. The van der Waals surface area contributed by atoms with Crippen molar-refractivity contribution < 1.29 is 9.53 Å². The first-order chi connectivity index (χ1) is 15.7. The Morgan fingerprint density at radius 2 is 1.47 bits per heavy atom. The molecule has 0 spiro atoms. The summed E-state index contributed by atoms with van der Waals surface area (Å²) < 4.78 is 7.16. The Kier molecular flexibility index (Phi) is 5.20. The molecule has 0 unspecified atom stereocenters. The zero-order valence-corrected chi connectivity index (χ0v) is 18.2. The van der Waals surface area contributed by atoms with E-state index < -0.39 is 0 Å². The van der Waals surface area contributed by atoms with Crippen molar-refractivity contribution in [2.75, 3.05) is 6.61 Å². The first kappa shape index (κ1) is 20.0. The Morgan fingerprint density at radius 3 is 2.09 bits per heavy atom. The summed E-state index contributed by atoms with van der Waals surface area (Å²) >= 11 is 0. The molecule has 32 heavy (non-hydrogen) atoms. The van der Waals surface area contributed by atoms with Crippen LogP contribution in [0.4, 0.5) is 0 Å². The third kappa shape index (κ3) is 3.44. The van der Waals surface area contributed by atoms with Gasteiger partial charge in [-0.15, -0.1) is 0 Å². The van der Waals surface area contributed by atoms with E-state index in [0.717, 1.165) is 45.0 Å². The molecule has 0 aliphatic carbocycles. The second-order valence-corrected chi connectivity index (χ2v) is 7.91. The third-order valence-electron chi connectivity index (χ3n) is 5.81. The molecule has 4 heteroatoms. The van der Waals surface area contributed by atoms with Crippen LogP contribution in [0, 0.1) is 0 Å². The maximum absolute atomic E-state index is 13.7. The van der Waals surface area contributed by atoms with Gasteiger partial charge in [-0.3, -0.25) is 4.79 Å². The minimum absolute atomic E-state index is 0.0905. The van der Waals surface area contributed by atoms with Crippen molar-refractivity contribution >= 4 is 11.5 Å². The van der Waals surface area contributed by atoms with Gasteiger partial charge in [-0.1, -0.05) is 78.4 Å². The molecule has 2 heterocycles. The van der Waals surface area contributed by atoms with Crippen LogP contribution >= 0.6 is 0 Å². The van der Waals surface area contributed by atoms with E-state index in [1.807, 2.05) is 86.6 Å². The molecule has 1 aliphatic rings. The Balaban J connectivity index is 1.65. The van der Waals surface area contributed by atoms with Crippen molar-refractivity contribution in [3.63, 3.8) is 0 Å². The summed E-state index contributed by atoms with van der Waals surface area (Å²) in [4.78, 5) is 13.7. The maximum atomic E-state index is 13.7. The van der Waals surface area contributed by atoms with Crippen molar-refractivity contribution in [2.24, 2.45) is 0 Å². The predicted octanol–water partition coefficient (Wildman–Crippen LogP) is 6.29. The highest BCUT2D eigenvalue weighted by Crippen LogP contribution is 2.39. The summed E-state index contributed by atoms with van der Waals surface area (Å²) in [6.45, 7) is 4.61. The smallest absolute Gasteiger partial charge is 0.279 e. The second-order valence-electron chi connectivity index (χ2n) is 7.91. The summed E-state index contributed by atoms with van der Waals surface area (Å²) in [6.07, 6.45) is 0.665. The van der Waals surface area contributed by atoms with Gasteiger partial charge in [0.25, 0.3) is 5.91 Å². The maximum Gasteiger partial charge on any atom is 0.279 e. The fraction of sp³-hybridized carbons (Fsp3) is 0.143. The topological polar surface area (TPSA) is 44.1 Å². The largest absolute Gasteiger partial charge is 0.494 e.